The van der Waals surface area contributed by atoms with Crippen molar-refractivity contribution in [2.24, 2.45) is 0 Å². The summed E-state index contributed by atoms with van der Waals surface area (Å²) in [7, 11) is 0. The fraction of sp³-hybridized carbons (Fsp3) is 0.0769. The van der Waals surface area contributed by atoms with Gasteiger partial charge in [-0.25, -0.2) is 4.98 Å². The van der Waals surface area contributed by atoms with E-state index >= 15 is 0 Å². The first kappa shape index (κ1) is 15.0. The number of aryl methyl sites for hydroxylation is 1. The van der Waals surface area contributed by atoms with E-state index in [1.54, 1.807) is 6.92 Å². The van der Waals surface area contributed by atoms with Gasteiger partial charge in [-0.1, -0.05) is 6.07 Å². The third-order valence-corrected chi connectivity index (χ3v) is 3.33. The summed E-state index contributed by atoms with van der Waals surface area (Å²) in [6.45, 7) is 1.59. The first-order valence-electron chi connectivity index (χ1n) is 5.77. The van der Waals surface area contributed by atoms with Gasteiger partial charge in [-0.15, -0.1) is 0 Å². The first-order valence-corrected chi connectivity index (χ1v) is 6.56. The topological polar surface area (TPSA) is 85.1 Å². The molecule has 1 amide bonds. The molecule has 0 unspecified atom stereocenters. The molecule has 2 rings (SSSR count). The number of nitro benzene ring substituents is 1. The predicted octanol–water partition coefficient (Wildman–Crippen LogP) is 3.45. The zero-order valence-electron chi connectivity index (χ0n) is 10.8. The van der Waals surface area contributed by atoms with Crippen molar-refractivity contribution in [1.82, 2.24) is 4.98 Å². The van der Waals surface area contributed by atoms with Crippen LogP contribution in [0.4, 0.5) is 15.8 Å². The average Bonchev–Trinajstić information content (AvgIpc) is 2.41. The molecule has 8 heteroatoms. The highest BCUT2D eigenvalue weighted by Crippen LogP contribution is 2.30. The molecule has 6 nitrogen and oxygen atoms in total. The number of hydrogen-bond acceptors (Lipinski definition) is 4. The van der Waals surface area contributed by atoms with E-state index in [2.05, 4.69) is 26.2 Å². The van der Waals surface area contributed by atoms with Gasteiger partial charge < -0.3 is 5.32 Å². The molecule has 1 aromatic heterocycles. The van der Waals surface area contributed by atoms with Crippen LogP contribution in [0, 0.1) is 23.0 Å². The summed E-state index contributed by atoms with van der Waals surface area (Å²) in [6, 6.07) is 6.56. The highest BCUT2D eigenvalue weighted by Gasteiger charge is 2.17. The van der Waals surface area contributed by atoms with Crippen molar-refractivity contribution < 1.29 is 14.1 Å². The summed E-state index contributed by atoms with van der Waals surface area (Å²) in [4.78, 5) is 25.8. The van der Waals surface area contributed by atoms with E-state index in [0.717, 1.165) is 6.07 Å². The van der Waals surface area contributed by atoms with Gasteiger partial charge in [0.15, 0.2) is 0 Å². The Labute approximate surface area is 127 Å². The molecule has 0 bridgehead atoms. The van der Waals surface area contributed by atoms with Crippen molar-refractivity contribution in [3.8, 4) is 0 Å². The maximum Gasteiger partial charge on any atom is 0.274 e. The largest absolute Gasteiger partial charge is 0.319 e. The number of aromatic nitrogens is 1. The third-order valence-electron chi connectivity index (χ3n) is 2.68. The van der Waals surface area contributed by atoms with E-state index in [9.17, 15) is 19.3 Å². The van der Waals surface area contributed by atoms with Crippen molar-refractivity contribution in [2.45, 2.75) is 6.92 Å². The zero-order chi connectivity index (χ0) is 15.6. The predicted molar refractivity (Wildman–Crippen MR) is 77.7 cm³/mol. The molecule has 1 aromatic carbocycles. The van der Waals surface area contributed by atoms with Crippen molar-refractivity contribution >= 4 is 33.2 Å². The van der Waals surface area contributed by atoms with Crippen LogP contribution >= 0.6 is 15.9 Å². The van der Waals surface area contributed by atoms with Gasteiger partial charge in [0.1, 0.15) is 5.69 Å². The van der Waals surface area contributed by atoms with Gasteiger partial charge in [-0.3, -0.25) is 14.9 Å². The second kappa shape index (κ2) is 5.96. The molecule has 2 aromatic rings. The highest BCUT2D eigenvalue weighted by atomic mass is 79.9. The van der Waals surface area contributed by atoms with Gasteiger partial charge in [0.2, 0.25) is 5.95 Å². The standard InChI is InChI=1S/C13H9BrFN3O3/c1-7-5-8(14)10(6-11(7)18(20)21)17-13(19)9-3-2-4-12(15)16-9/h2-6H,1H3,(H,17,19). The number of nitrogens with one attached hydrogen (secondary N) is 1. The highest BCUT2D eigenvalue weighted by molar-refractivity contribution is 9.10. The minimum atomic E-state index is -0.781. The monoisotopic (exact) mass is 353 g/mol. The van der Waals surface area contributed by atoms with E-state index in [-0.39, 0.29) is 17.1 Å². The van der Waals surface area contributed by atoms with Crippen LogP contribution in [-0.4, -0.2) is 15.8 Å². The minimum absolute atomic E-state index is 0.120. The number of nitrogens with zero attached hydrogens (tertiary/aromatic N) is 2. The Morgan fingerprint density at radius 3 is 2.76 bits per heavy atom. The number of rotatable bonds is 3. The molecule has 0 spiro atoms. The van der Waals surface area contributed by atoms with Crippen molar-refractivity contribution in [3.63, 3.8) is 0 Å². The van der Waals surface area contributed by atoms with Crippen LogP contribution in [0.5, 0.6) is 0 Å². The van der Waals surface area contributed by atoms with Gasteiger partial charge >= 0.3 is 0 Å². The SMILES string of the molecule is Cc1cc(Br)c(NC(=O)c2cccc(F)n2)cc1[N+](=O)[O-]. The molecular weight excluding hydrogens is 345 g/mol. The lowest BCUT2D eigenvalue weighted by molar-refractivity contribution is -0.385. The summed E-state index contributed by atoms with van der Waals surface area (Å²) < 4.78 is 13.5. The third kappa shape index (κ3) is 3.40. The minimum Gasteiger partial charge on any atom is -0.319 e. The van der Waals surface area contributed by atoms with Crippen LogP contribution < -0.4 is 5.32 Å². The van der Waals surface area contributed by atoms with Gasteiger partial charge in [0.05, 0.1) is 10.6 Å². The molecule has 0 aliphatic rings. The van der Waals surface area contributed by atoms with Gasteiger partial charge in [-0.05, 0) is 41.1 Å². The number of carbonyl (C=O) groups is 1. The van der Waals surface area contributed by atoms with Crippen molar-refractivity contribution in [3.05, 3.63) is 62.1 Å². The van der Waals surface area contributed by atoms with E-state index in [1.165, 1.54) is 24.3 Å². The number of carbonyl (C=O) groups excluding carboxylic acids is 1. The molecule has 0 aliphatic carbocycles. The lowest BCUT2D eigenvalue weighted by atomic mass is 10.2. The summed E-state index contributed by atoms with van der Waals surface area (Å²) in [5.41, 5.74) is 0.419. The molecule has 1 N–H and O–H groups in total. The van der Waals surface area contributed by atoms with E-state index in [0.29, 0.717) is 10.0 Å². The molecule has 0 radical (unpaired) electrons. The van der Waals surface area contributed by atoms with Crippen LogP contribution in [0.25, 0.3) is 0 Å². The van der Waals surface area contributed by atoms with Gasteiger partial charge in [0, 0.05) is 16.1 Å². The Morgan fingerprint density at radius 2 is 2.14 bits per heavy atom. The normalized spacial score (nSPS) is 10.2. The Bertz CT molecular complexity index is 737. The van der Waals surface area contributed by atoms with Gasteiger partial charge in [-0.2, -0.15) is 4.39 Å². The average molecular weight is 354 g/mol. The maximum absolute atomic E-state index is 13.0. The smallest absolute Gasteiger partial charge is 0.274 e. The van der Waals surface area contributed by atoms with Crippen molar-refractivity contribution in [1.29, 1.82) is 0 Å². The van der Waals surface area contributed by atoms with Crippen LogP contribution in [0.1, 0.15) is 16.1 Å². The number of anilines is 1. The second-order valence-electron chi connectivity index (χ2n) is 4.18. The lowest BCUT2D eigenvalue weighted by Crippen LogP contribution is -2.14. The summed E-state index contributed by atoms with van der Waals surface area (Å²) in [5.74, 6) is -1.44. The molecule has 0 saturated carbocycles. The number of amides is 1. The Hall–Kier alpha value is -2.35. The molecule has 0 aliphatic heterocycles. The molecule has 21 heavy (non-hydrogen) atoms. The van der Waals surface area contributed by atoms with Crippen LogP contribution in [0.2, 0.25) is 0 Å². The number of pyridine rings is 1. The number of hydrogen-bond donors (Lipinski definition) is 1. The van der Waals surface area contributed by atoms with E-state index in [4.69, 9.17) is 0 Å². The van der Waals surface area contributed by atoms with Crippen LogP contribution in [-0.2, 0) is 0 Å². The Morgan fingerprint density at radius 1 is 1.43 bits per heavy atom. The van der Waals surface area contributed by atoms with E-state index in [1.807, 2.05) is 0 Å². The number of nitro groups is 1. The summed E-state index contributed by atoms with van der Waals surface area (Å²) in [5, 5.41) is 13.4. The fourth-order valence-corrected chi connectivity index (χ4v) is 2.23. The molecule has 0 atom stereocenters. The second-order valence-corrected chi connectivity index (χ2v) is 5.03. The summed E-state index contributed by atoms with van der Waals surface area (Å²) in [6.07, 6.45) is 0. The molecular formula is C13H9BrFN3O3. The van der Waals surface area contributed by atoms with Crippen LogP contribution in [0.15, 0.2) is 34.8 Å². The Kier molecular flexibility index (Phi) is 4.27. The summed E-state index contributed by atoms with van der Waals surface area (Å²) >= 11 is 3.21. The quantitative estimate of drug-likeness (QED) is 0.520. The number of halogens is 2. The van der Waals surface area contributed by atoms with Crippen LogP contribution in [0.3, 0.4) is 0 Å². The molecule has 0 fully saturated rings. The molecule has 1 heterocycles. The lowest BCUT2D eigenvalue weighted by Gasteiger charge is -2.08. The fourth-order valence-electron chi connectivity index (χ4n) is 1.67. The maximum atomic E-state index is 13.0. The molecule has 0 saturated heterocycles. The van der Waals surface area contributed by atoms with Gasteiger partial charge in [0.25, 0.3) is 11.6 Å². The van der Waals surface area contributed by atoms with E-state index < -0.39 is 16.8 Å². The number of benzene rings is 1. The zero-order valence-corrected chi connectivity index (χ0v) is 12.3. The first-order chi connectivity index (χ1) is 9.88. The van der Waals surface area contributed by atoms with Crippen molar-refractivity contribution in [2.75, 3.05) is 5.32 Å². The molecule has 108 valence electrons. The Balaban J connectivity index is 2.33.